The molecule has 4 aromatic rings. The highest BCUT2D eigenvalue weighted by atomic mass is 32.2. The van der Waals surface area contributed by atoms with E-state index >= 15 is 0 Å². The molecule has 0 bridgehead atoms. The van der Waals surface area contributed by atoms with Crippen molar-refractivity contribution in [3.05, 3.63) is 149 Å². The van der Waals surface area contributed by atoms with E-state index in [1.807, 2.05) is 86.7 Å². The van der Waals surface area contributed by atoms with E-state index in [1.165, 1.54) is 8.61 Å². The summed E-state index contributed by atoms with van der Waals surface area (Å²) in [6.45, 7) is 4.46. The van der Waals surface area contributed by atoms with Crippen molar-refractivity contribution < 1.29 is 16.8 Å². The Morgan fingerprint density at radius 1 is 0.773 bits per heavy atom. The first kappa shape index (κ1) is 31.2. The lowest BCUT2D eigenvalue weighted by atomic mass is 10.0. The van der Waals surface area contributed by atoms with Crippen molar-refractivity contribution in [2.45, 2.75) is 30.2 Å². The molecule has 0 aliphatic carbocycles. The van der Waals surface area contributed by atoms with Crippen LogP contribution in [0.15, 0.2) is 137 Å². The number of sulfonamides is 2. The number of aryl methyl sites for hydroxylation is 2. The zero-order valence-electron chi connectivity index (χ0n) is 24.7. The standard InChI is InChI=1S/C36H34N2O4S2/c1-29-15-19-35(20-16-29)43(39,40)37(27-31-10-5-3-6-11-31)24-9-14-34(33-12-7-4-8-13-33)26-32-23-25-38(28-32)44(41,42)36-21-17-30(2)18-22-36/h3-8,10-13,15-23,26H,24-25,27-28H2,1-2H3/b34-26+. The Morgan fingerprint density at radius 2 is 1.34 bits per heavy atom. The molecule has 0 radical (unpaired) electrons. The number of hydrogen-bond donors (Lipinski definition) is 0. The molecular formula is C36H34N2O4S2. The number of nitrogens with zero attached hydrogens (tertiary/aromatic N) is 2. The van der Waals surface area contributed by atoms with Gasteiger partial charge in [0.1, 0.15) is 0 Å². The van der Waals surface area contributed by atoms with Gasteiger partial charge in [0.05, 0.1) is 16.3 Å². The van der Waals surface area contributed by atoms with Crippen LogP contribution in [-0.4, -0.2) is 45.1 Å². The molecule has 1 aliphatic rings. The minimum absolute atomic E-state index is 0.0255. The first-order valence-corrected chi connectivity index (χ1v) is 17.1. The summed E-state index contributed by atoms with van der Waals surface area (Å²) >= 11 is 0. The second-order valence-corrected chi connectivity index (χ2v) is 14.6. The Bertz CT molecular complexity index is 1940. The molecule has 44 heavy (non-hydrogen) atoms. The Kier molecular flexibility index (Phi) is 9.62. The summed E-state index contributed by atoms with van der Waals surface area (Å²) in [5.41, 5.74) is 5.18. The molecule has 0 amide bonds. The Balaban J connectivity index is 1.42. The van der Waals surface area contributed by atoms with Gasteiger partial charge >= 0.3 is 0 Å². The first-order chi connectivity index (χ1) is 21.1. The van der Waals surface area contributed by atoms with Crippen LogP contribution >= 0.6 is 0 Å². The van der Waals surface area contributed by atoms with Crippen LogP contribution in [0.3, 0.4) is 0 Å². The maximum Gasteiger partial charge on any atom is 0.244 e. The van der Waals surface area contributed by atoms with Crippen molar-refractivity contribution in [3.63, 3.8) is 0 Å². The maximum absolute atomic E-state index is 13.7. The van der Waals surface area contributed by atoms with Gasteiger partial charge in [0, 0.05) is 25.2 Å². The summed E-state index contributed by atoms with van der Waals surface area (Å²) in [5, 5.41) is 0. The lowest BCUT2D eigenvalue weighted by molar-refractivity contribution is 0.443. The molecule has 1 aliphatic heterocycles. The van der Waals surface area contributed by atoms with Gasteiger partial charge in [0.15, 0.2) is 0 Å². The third-order valence-electron chi connectivity index (χ3n) is 7.33. The van der Waals surface area contributed by atoms with Gasteiger partial charge in [0.2, 0.25) is 20.0 Å². The van der Waals surface area contributed by atoms with E-state index < -0.39 is 20.0 Å². The summed E-state index contributed by atoms with van der Waals surface area (Å²) in [6, 6.07) is 32.7. The van der Waals surface area contributed by atoms with Crippen molar-refractivity contribution in [1.82, 2.24) is 8.61 Å². The summed E-state index contributed by atoms with van der Waals surface area (Å²) in [6.07, 6.45) is 3.78. The van der Waals surface area contributed by atoms with E-state index in [2.05, 4.69) is 11.8 Å². The smallest absolute Gasteiger partial charge is 0.207 e. The van der Waals surface area contributed by atoms with E-state index in [0.717, 1.165) is 27.8 Å². The van der Waals surface area contributed by atoms with Crippen LogP contribution < -0.4 is 0 Å². The third-order valence-corrected chi connectivity index (χ3v) is 11.0. The molecule has 0 N–H and O–H groups in total. The second-order valence-electron chi connectivity index (χ2n) is 10.7. The highest BCUT2D eigenvalue weighted by Crippen LogP contribution is 2.25. The summed E-state index contributed by atoms with van der Waals surface area (Å²) in [7, 11) is -7.48. The Morgan fingerprint density at radius 3 is 1.95 bits per heavy atom. The monoisotopic (exact) mass is 622 g/mol. The lowest BCUT2D eigenvalue weighted by Gasteiger charge is -2.20. The molecule has 0 aromatic heterocycles. The van der Waals surface area contributed by atoms with Crippen molar-refractivity contribution >= 4 is 25.6 Å². The van der Waals surface area contributed by atoms with Crippen molar-refractivity contribution in [2.75, 3.05) is 19.6 Å². The molecule has 0 spiro atoms. The molecule has 0 saturated carbocycles. The molecule has 0 saturated heterocycles. The van der Waals surface area contributed by atoms with Crippen LogP contribution in [0.25, 0.3) is 5.57 Å². The van der Waals surface area contributed by atoms with E-state index in [-0.39, 0.29) is 36.0 Å². The van der Waals surface area contributed by atoms with E-state index in [4.69, 9.17) is 0 Å². The van der Waals surface area contributed by atoms with Crippen LogP contribution in [0.2, 0.25) is 0 Å². The van der Waals surface area contributed by atoms with Crippen molar-refractivity contribution in [1.29, 1.82) is 0 Å². The van der Waals surface area contributed by atoms with Gasteiger partial charge in [-0.15, -0.1) is 0 Å². The van der Waals surface area contributed by atoms with Crippen LogP contribution in [0.1, 0.15) is 22.3 Å². The van der Waals surface area contributed by atoms with E-state index in [0.29, 0.717) is 5.57 Å². The van der Waals surface area contributed by atoms with Crippen LogP contribution in [0.5, 0.6) is 0 Å². The van der Waals surface area contributed by atoms with Crippen LogP contribution in [-0.2, 0) is 26.6 Å². The molecule has 0 atom stereocenters. The second kappa shape index (κ2) is 13.6. The molecule has 8 heteroatoms. The van der Waals surface area contributed by atoms with Crippen molar-refractivity contribution in [3.8, 4) is 11.8 Å². The Hall–Kier alpha value is -4.26. The molecular weight excluding hydrogens is 589 g/mol. The number of hydrogen-bond acceptors (Lipinski definition) is 4. The quantitative estimate of drug-likeness (QED) is 0.208. The predicted molar refractivity (Wildman–Crippen MR) is 175 cm³/mol. The van der Waals surface area contributed by atoms with Gasteiger partial charge in [0.25, 0.3) is 0 Å². The zero-order valence-corrected chi connectivity index (χ0v) is 26.4. The Labute approximate surface area is 261 Å². The average molecular weight is 623 g/mol. The highest BCUT2D eigenvalue weighted by Gasteiger charge is 2.28. The number of rotatable bonds is 9. The SMILES string of the molecule is Cc1ccc(S(=O)(=O)N2CC=C(/C=C(\C#CCN(Cc3ccccc3)S(=O)(=O)c3ccc(C)cc3)c3ccccc3)C2)cc1. The van der Waals surface area contributed by atoms with E-state index in [1.54, 1.807) is 48.5 Å². The van der Waals surface area contributed by atoms with Crippen LogP contribution in [0, 0.1) is 25.7 Å². The maximum atomic E-state index is 13.7. The fraction of sp³-hybridized carbons (Fsp3) is 0.167. The van der Waals surface area contributed by atoms with Crippen molar-refractivity contribution in [2.24, 2.45) is 0 Å². The average Bonchev–Trinajstić information content (AvgIpc) is 3.51. The normalized spacial score (nSPS) is 14.2. The van der Waals surface area contributed by atoms with Gasteiger partial charge in [-0.3, -0.25) is 0 Å². The van der Waals surface area contributed by atoms with Gasteiger partial charge in [-0.05, 0) is 60.9 Å². The molecule has 224 valence electrons. The molecule has 0 unspecified atom stereocenters. The highest BCUT2D eigenvalue weighted by molar-refractivity contribution is 7.89. The van der Waals surface area contributed by atoms with E-state index in [9.17, 15) is 16.8 Å². The largest absolute Gasteiger partial charge is 0.244 e. The molecule has 6 nitrogen and oxygen atoms in total. The molecule has 5 rings (SSSR count). The number of allylic oxidation sites excluding steroid dienone is 1. The van der Waals surface area contributed by atoms with Gasteiger partial charge < -0.3 is 0 Å². The minimum atomic E-state index is -3.83. The zero-order chi connectivity index (χ0) is 31.2. The topological polar surface area (TPSA) is 74.8 Å². The van der Waals surface area contributed by atoms with Crippen LogP contribution in [0.4, 0.5) is 0 Å². The summed E-state index contributed by atoms with van der Waals surface area (Å²) in [4.78, 5) is 0.476. The van der Waals surface area contributed by atoms with Gasteiger partial charge in [-0.1, -0.05) is 114 Å². The van der Waals surface area contributed by atoms with Gasteiger partial charge in [-0.2, -0.15) is 8.61 Å². The first-order valence-electron chi connectivity index (χ1n) is 14.3. The van der Waals surface area contributed by atoms with Gasteiger partial charge in [-0.25, -0.2) is 16.8 Å². The summed E-state index contributed by atoms with van der Waals surface area (Å²) < 4.78 is 56.8. The number of benzene rings is 4. The fourth-order valence-corrected chi connectivity index (χ4v) is 7.49. The molecule has 1 heterocycles. The molecule has 4 aromatic carbocycles. The minimum Gasteiger partial charge on any atom is -0.207 e. The third kappa shape index (κ3) is 7.44. The fourth-order valence-electron chi connectivity index (χ4n) is 4.79. The predicted octanol–water partition coefficient (Wildman–Crippen LogP) is 6.21. The summed E-state index contributed by atoms with van der Waals surface area (Å²) in [5.74, 6) is 6.31. The lowest BCUT2D eigenvalue weighted by Crippen LogP contribution is -2.31. The molecule has 0 fully saturated rings.